The second-order valence-corrected chi connectivity index (χ2v) is 21.6. The van der Waals surface area contributed by atoms with E-state index in [4.69, 9.17) is 4.98 Å². The highest BCUT2D eigenvalue weighted by atomic mass is 15.3. The van der Waals surface area contributed by atoms with Crippen LogP contribution >= 0.6 is 0 Å². The van der Waals surface area contributed by atoms with Gasteiger partial charge < -0.3 is 14.4 Å². The Labute approximate surface area is 379 Å². The third-order valence-electron chi connectivity index (χ3n) is 15.9. The predicted molar refractivity (Wildman–Crippen MR) is 271 cm³/mol. The molecule has 316 valence electrons. The molecule has 7 aromatic carbocycles. The van der Waals surface area contributed by atoms with E-state index < -0.39 is 0 Å². The van der Waals surface area contributed by atoms with Gasteiger partial charge in [0, 0.05) is 39.5 Å². The van der Waals surface area contributed by atoms with E-state index in [-0.39, 0.29) is 28.5 Å². The Bertz CT molecular complexity index is 3100. The topological polar surface area (TPSA) is 24.3 Å². The Hall–Kier alpha value is -6.33. The molecule has 1 saturated carbocycles. The summed E-state index contributed by atoms with van der Waals surface area (Å²) < 4.78 is 2.52. The van der Waals surface area contributed by atoms with Gasteiger partial charge in [-0.2, -0.15) is 0 Å². The molecule has 64 heavy (non-hydrogen) atoms. The highest BCUT2D eigenvalue weighted by Gasteiger charge is 2.62. The van der Waals surface area contributed by atoms with Crippen LogP contribution in [-0.2, 0) is 16.2 Å². The maximum atomic E-state index is 5.70. The van der Waals surface area contributed by atoms with E-state index in [1.54, 1.807) is 0 Å². The molecule has 8 aromatic rings. The molecule has 4 nitrogen and oxygen atoms in total. The van der Waals surface area contributed by atoms with Crippen molar-refractivity contribution in [2.75, 3.05) is 9.80 Å². The molecule has 0 amide bonds. The molecule has 2 unspecified atom stereocenters. The Morgan fingerprint density at radius 1 is 0.578 bits per heavy atom. The first-order valence-corrected chi connectivity index (χ1v) is 23.6. The molecular weight excluding hydrogens is 775 g/mol. The van der Waals surface area contributed by atoms with Crippen LogP contribution in [0.15, 0.2) is 152 Å². The average Bonchev–Trinajstić information content (AvgIpc) is 3.89. The summed E-state index contributed by atoms with van der Waals surface area (Å²) in [5, 5.41) is 0. The van der Waals surface area contributed by atoms with Gasteiger partial charge in [-0.15, -0.1) is 0 Å². The Kier molecular flexibility index (Phi) is 8.34. The van der Waals surface area contributed by atoms with Crippen molar-refractivity contribution in [3.05, 3.63) is 168 Å². The zero-order valence-corrected chi connectivity index (χ0v) is 38.6. The largest absolute Gasteiger partial charge is 0.335 e. The van der Waals surface area contributed by atoms with Gasteiger partial charge >= 0.3 is 0 Å². The highest BCUT2D eigenvalue weighted by Crippen LogP contribution is 2.62. The predicted octanol–water partition coefficient (Wildman–Crippen LogP) is 13.3. The maximum Gasteiger partial charge on any atom is 0.294 e. The Balaban J connectivity index is 1.10. The van der Waals surface area contributed by atoms with Crippen molar-refractivity contribution in [2.24, 2.45) is 0 Å². The first kappa shape index (κ1) is 39.3. The number of imidazole rings is 1. The zero-order chi connectivity index (χ0) is 43.9. The lowest BCUT2D eigenvalue weighted by atomic mass is 9.39. The molecule has 12 rings (SSSR count). The van der Waals surface area contributed by atoms with Crippen LogP contribution in [0.1, 0.15) is 97.8 Å². The van der Waals surface area contributed by atoms with E-state index in [9.17, 15) is 0 Å². The lowest BCUT2D eigenvalue weighted by molar-refractivity contribution is 0.195. The minimum Gasteiger partial charge on any atom is -0.335 e. The second-order valence-electron chi connectivity index (χ2n) is 21.6. The van der Waals surface area contributed by atoms with Crippen molar-refractivity contribution in [3.8, 4) is 27.9 Å². The zero-order valence-electron chi connectivity index (χ0n) is 38.6. The van der Waals surface area contributed by atoms with Crippen molar-refractivity contribution in [2.45, 2.75) is 103 Å². The van der Waals surface area contributed by atoms with E-state index >= 15 is 0 Å². The van der Waals surface area contributed by atoms with Crippen molar-refractivity contribution in [3.63, 3.8) is 0 Å². The van der Waals surface area contributed by atoms with E-state index in [0.717, 1.165) is 29.0 Å². The molecule has 0 radical (unpaired) electrons. The summed E-state index contributed by atoms with van der Waals surface area (Å²) in [6.45, 7) is 18.9. The van der Waals surface area contributed by atoms with Crippen molar-refractivity contribution >= 4 is 62.8 Å². The summed E-state index contributed by atoms with van der Waals surface area (Å²) in [7, 11) is 0. The summed E-state index contributed by atoms with van der Waals surface area (Å²) in [6.07, 6.45) is 4.84. The first-order valence-electron chi connectivity index (χ1n) is 23.6. The van der Waals surface area contributed by atoms with Crippen LogP contribution in [-0.4, -0.2) is 21.8 Å². The monoisotopic (exact) mass is 832 g/mol. The molecule has 1 aromatic heterocycles. The number of fused-ring (bicyclic) bond motifs is 11. The van der Waals surface area contributed by atoms with Crippen LogP contribution in [0.5, 0.6) is 0 Å². The maximum absolute atomic E-state index is 5.70. The van der Waals surface area contributed by atoms with Gasteiger partial charge in [0.25, 0.3) is 6.71 Å². The number of hydrogen-bond donors (Lipinski definition) is 0. The fraction of sp³-hybridized carbons (Fsp3) is 0.271. The van der Waals surface area contributed by atoms with Crippen LogP contribution in [0, 0.1) is 0 Å². The summed E-state index contributed by atoms with van der Waals surface area (Å²) in [5.74, 6) is 0. The van der Waals surface area contributed by atoms with Gasteiger partial charge in [-0.05, 0) is 135 Å². The summed E-state index contributed by atoms with van der Waals surface area (Å²) in [6, 6.07) is 57.3. The molecular formula is C59H57BN4. The molecule has 0 spiro atoms. The molecule has 4 aliphatic rings. The molecule has 2 atom stereocenters. The van der Waals surface area contributed by atoms with Gasteiger partial charge in [-0.1, -0.05) is 158 Å². The van der Waals surface area contributed by atoms with Crippen LogP contribution in [0.2, 0.25) is 0 Å². The highest BCUT2D eigenvalue weighted by molar-refractivity contribution is 6.99. The third-order valence-corrected chi connectivity index (χ3v) is 15.9. The lowest BCUT2D eigenvalue weighted by Gasteiger charge is -2.51. The first-order chi connectivity index (χ1) is 30.7. The lowest BCUT2D eigenvalue weighted by Crippen LogP contribution is -2.61. The van der Waals surface area contributed by atoms with Crippen LogP contribution in [0.3, 0.4) is 0 Å². The van der Waals surface area contributed by atoms with Crippen LogP contribution in [0.25, 0.3) is 39.0 Å². The molecule has 1 aliphatic carbocycles. The van der Waals surface area contributed by atoms with Gasteiger partial charge in [-0.3, -0.25) is 0 Å². The van der Waals surface area contributed by atoms with Crippen molar-refractivity contribution < 1.29 is 0 Å². The minimum absolute atomic E-state index is 0.0101. The molecule has 0 bridgehead atoms. The fourth-order valence-electron chi connectivity index (χ4n) is 12.2. The number of nitrogens with zero attached hydrogens (tertiary/aromatic N) is 4. The molecule has 5 heteroatoms. The number of aromatic nitrogens is 2. The average molecular weight is 833 g/mol. The Morgan fingerprint density at radius 3 is 1.73 bits per heavy atom. The number of hydrogen-bond acceptors (Lipinski definition) is 3. The summed E-state index contributed by atoms with van der Waals surface area (Å²) in [5.41, 5.74) is 22.7. The molecule has 4 heterocycles. The summed E-state index contributed by atoms with van der Waals surface area (Å²) in [4.78, 5) is 11.0. The normalized spacial score (nSPS) is 19.4. The van der Waals surface area contributed by atoms with E-state index in [1.165, 1.54) is 97.4 Å². The van der Waals surface area contributed by atoms with Gasteiger partial charge in [0.1, 0.15) is 0 Å². The Morgan fingerprint density at radius 2 is 1.14 bits per heavy atom. The molecule has 0 N–H and O–H groups in total. The van der Waals surface area contributed by atoms with E-state index in [0.29, 0.717) is 0 Å². The van der Waals surface area contributed by atoms with Gasteiger partial charge in [0.15, 0.2) is 0 Å². The second kappa shape index (κ2) is 13.6. The quantitative estimate of drug-likeness (QED) is 0.162. The third kappa shape index (κ3) is 5.52. The number of anilines is 5. The van der Waals surface area contributed by atoms with Gasteiger partial charge in [0.2, 0.25) is 0 Å². The number of benzene rings is 7. The van der Waals surface area contributed by atoms with Crippen LogP contribution in [0.4, 0.5) is 28.4 Å². The SMILES string of the molecule is CC(C)(C)c1ccc(N(c2ccc(C(C)(C)C)cc2)c2ccc3c(c2)N2c4c(ccc5c4B3c3nc4cc(-c6ccccc6)c(-c6ccccc6)cc4n3-5)C3(C)CCCCC23C)cc1. The fourth-order valence-corrected chi connectivity index (χ4v) is 12.2. The van der Waals surface area contributed by atoms with Gasteiger partial charge in [0.05, 0.1) is 22.3 Å². The van der Waals surface area contributed by atoms with E-state index in [2.05, 4.69) is 221 Å². The smallest absolute Gasteiger partial charge is 0.294 e. The molecule has 1 fully saturated rings. The minimum atomic E-state index is -0.0770. The van der Waals surface area contributed by atoms with E-state index in [1.807, 2.05) is 0 Å². The standard InChI is InChI=1S/C59H57BN4/c1-56(2,3)40-21-25-42(26-22-40)62(43-27-23-41(24-28-43)57(4,5)6)44-29-31-48-51(35-44)64-54-47(58(7)33-15-16-34-59(58,64)8)30-32-50-53(54)60(48)55-61-49-36-45(38-17-11-9-12-18-38)46(37-52(49)63(50)55)39-19-13-10-14-20-39/h9-14,17-32,35-37H,15-16,33-34H2,1-8H3. The van der Waals surface area contributed by atoms with Crippen LogP contribution < -0.4 is 26.4 Å². The molecule has 3 aliphatic heterocycles. The summed E-state index contributed by atoms with van der Waals surface area (Å²) >= 11 is 0. The molecule has 0 saturated heterocycles. The van der Waals surface area contributed by atoms with Crippen molar-refractivity contribution in [1.29, 1.82) is 0 Å². The van der Waals surface area contributed by atoms with Crippen molar-refractivity contribution in [1.82, 2.24) is 9.55 Å². The van der Waals surface area contributed by atoms with Gasteiger partial charge in [-0.25, -0.2) is 4.98 Å². The number of rotatable bonds is 5.